The van der Waals surface area contributed by atoms with Crippen molar-refractivity contribution in [2.75, 3.05) is 31.1 Å². The lowest BCUT2D eigenvalue weighted by molar-refractivity contribution is -0.137. The van der Waals surface area contributed by atoms with Crippen molar-refractivity contribution >= 4 is 33.3 Å². The maximum Gasteiger partial charge on any atom is 0.416 e. The lowest BCUT2D eigenvalue weighted by Crippen LogP contribution is -2.49. The van der Waals surface area contributed by atoms with Crippen LogP contribution in [0.25, 0.3) is 10.2 Å². The van der Waals surface area contributed by atoms with Crippen LogP contribution in [0.3, 0.4) is 0 Å². The molecule has 0 aliphatic carbocycles. The van der Waals surface area contributed by atoms with Gasteiger partial charge in [-0.1, -0.05) is 12.1 Å². The van der Waals surface area contributed by atoms with Gasteiger partial charge in [0.15, 0.2) is 0 Å². The molecular formula is C19H17F3N4OS. The molecule has 146 valence electrons. The SMILES string of the molecule is O=C(Cc1ccc(C(F)(F)F)cc1)N1CCN(c2ncnc3sccc23)CC1. The van der Waals surface area contributed by atoms with Crippen LogP contribution in [0.2, 0.25) is 0 Å². The van der Waals surface area contributed by atoms with Crippen LogP contribution < -0.4 is 4.90 Å². The summed E-state index contributed by atoms with van der Waals surface area (Å²) >= 11 is 1.56. The average Bonchev–Trinajstić information content (AvgIpc) is 3.17. The van der Waals surface area contributed by atoms with E-state index in [0.717, 1.165) is 28.2 Å². The number of amides is 1. The van der Waals surface area contributed by atoms with Gasteiger partial charge in [-0.05, 0) is 29.1 Å². The molecule has 3 heterocycles. The summed E-state index contributed by atoms with van der Waals surface area (Å²) in [7, 11) is 0. The molecular weight excluding hydrogens is 389 g/mol. The number of aromatic nitrogens is 2. The fourth-order valence-electron chi connectivity index (χ4n) is 3.29. The van der Waals surface area contributed by atoms with Crippen molar-refractivity contribution in [3.05, 3.63) is 53.2 Å². The summed E-state index contributed by atoms with van der Waals surface area (Å²) in [6, 6.07) is 6.76. The molecule has 9 heteroatoms. The van der Waals surface area contributed by atoms with Gasteiger partial charge in [-0.15, -0.1) is 11.3 Å². The molecule has 1 aliphatic rings. The first-order chi connectivity index (χ1) is 13.4. The number of benzene rings is 1. The lowest BCUT2D eigenvalue weighted by Gasteiger charge is -2.35. The molecule has 1 amide bonds. The van der Waals surface area contributed by atoms with E-state index < -0.39 is 11.7 Å². The molecule has 2 aromatic heterocycles. The Hall–Kier alpha value is -2.68. The Morgan fingerprint density at radius 3 is 2.43 bits per heavy atom. The first-order valence-corrected chi connectivity index (χ1v) is 9.67. The summed E-state index contributed by atoms with van der Waals surface area (Å²) in [6.07, 6.45) is -2.72. The van der Waals surface area contributed by atoms with Crippen LogP contribution >= 0.6 is 11.3 Å². The van der Waals surface area contributed by atoms with Crippen LogP contribution in [0.5, 0.6) is 0 Å². The minimum atomic E-state index is -4.37. The second kappa shape index (κ2) is 7.38. The largest absolute Gasteiger partial charge is 0.416 e. The maximum atomic E-state index is 12.6. The Labute approximate surface area is 163 Å². The van der Waals surface area contributed by atoms with Crippen LogP contribution in [-0.4, -0.2) is 47.0 Å². The predicted octanol–water partition coefficient (Wildman–Crippen LogP) is 3.60. The number of halogens is 3. The van der Waals surface area contributed by atoms with Gasteiger partial charge in [0.1, 0.15) is 17.0 Å². The molecule has 0 atom stereocenters. The fraction of sp³-hybridized carbons (Fsp3) is 0.316. The second-order valence-electron chi connectivity index (χ2n) is 6.58. The number of thiophene rings is 1. The molecule has 4 rings (SSSR count). The normalized spacial score (nSPS) is 15.2. The third kappa shape index (κ3) is 3.80. The van der Waals surface area contributed by atoms with E-state index in [2.05, 4.69) is 14.9 Å². The minimum Gasteiger partial charge on any atom is -0.352 e. The predicted molar refractivity (Wildman–Crippen MR) is 101 cm³/mol. The number of piperazine rings is 1. The van der Waals surface area contributed by atoms with E-state index in [-0.39, 0.29) is 12.3 Å². The average molecular weight is 406 g/mol. The highest BCUT2D eigenvalue weighted by atomic mass is 32.1. The molecule has 28 heavy (non-hydrogen) atoms. The van der Waals surface area contributed by atoms with E-state index in [9.17, 15) is 18.0 Å². The first-order valence-electron chi connectivity index (χ1n) is 8.79. The molecule has 0 radical (unpaired) electrons. The van der Waals surface area contributed by atoms with E-state index in [0.29, 0.717) is 31.7 Å². The number of hydrogen-bond donors (Lipinski definition) is 0. The van der Waals surface area contributed by atoms with Gasteiger partial charge in [-0.25, -0.2) is 9.97 Å². The summed E-state index contributed by atoms with van der Waals surface area (Å²) < 4.78 is 37.9. The molecule has 0 spiro atoms. The summed E-state index contributed by atoms with van der Waals surface area (Å²) in [6.45, 7) is 2.41. The monoisotopic (exact) mass is 406 g/mol. The number of anilines is 1. The van der Waals surface area contributed by atoms with E-state index >= 15 is 0 Å². The molecule has 1 saturated heterocycles. The highest BCUT2D eigenvalue weighted by Gasteiger charge is 2.30. The lowest BCUT2D eigenvalue weighted by atomic mass is 10.1. The van der Waals surface area contributed by atoms with Crippen molar-refractivity contribution in [2.45, 2.75) is 12.6 Å². The summed E-state index contributed by atoms with van der Waals surface area (Å²) in [5.41, 5.74) is -0.127. The minimum absolute atomic E-state index is 0.0808. The van der Waals surface area contributed by atoms with Gasteiger partial charge in [-0.2, -0.15) is 13.2 Å². The highest BCUT2D eigenvalue weighted by Crippen LogP contribution is 2.29. The van der Waals surface area contributed by atoms with Crippen molar-refractivity contribution in [1.29, 1.82) is 0 Å². The van der Waals surface area contributed by atoms with Gasteiger partial charge in [0, 0.05) is 26.2 Å². The molecule has 0 bridgehead atoms. The molecule has 0 unspecified atom stereocenters. The molecule has 1 aromatic carbocycles. The van der Waals surface area contributed by atoms with Crippen molar-refractivity contribution in [2.24, 2.45) is 0 Å². The van der Waals surface area contributed by atoms with Crippen molar-refractivity contribution in [1.82, 2.24) is 14.9 Å². The van der Waals surface area contributed by atoms with Crippen LogP contribution in [0.4, 0.5) is 19.0 Å². The summed E-state index contributed by atoms with van der Waals surface area (Å²) in [4.78, 5) is 26.0. The number of alkyl halides is 3. The third-order valence-corrected chi connectivity index (χ3v) is 5.63. The number of carbonyl (C=O) groups is 1. The zero-order valence-electron chi connectivity index (χ0n) is 14.8. The van der Waals surface area contributed by atoms with Gasteiger partial charge in [-0.3, -0.25) is 4.79 Å². The van der Waals surface area contributed by atoms with Crippen LogP contribution in [0, 0.1) is 0 Å². The van der Waals surface area contributed by atoms with Crippen molar-refractivity contribution in [3.63, 3.8) is 0 Å². The van der Waals surface area contributed by atoms with E-state index in [4.69, 9.17) is 0 Å². The van der Waals surface area contributed by atoms with E-state index in [1.54, 1.807) is 22.6 Å². The summed E-state index contributed by atoms with van der Waals surface area (Å²) in [5, 5.41) is 2.99. The van der Waals surface area contributed by atoms with Gasteiger partial charge >= 0.3 is 6.18 Å². The molecule has 3 aromatic rings. The molecule has 1 aliphatic heterocycles. The van der Waals surface area contributed by atoms with Crippen LogP contribution in [0.1, 0.15) is 11.1 Å². The number of rotatable bonds is 3. The van der Waals surface area contributed by atoms with Crippen molar-refractivity contribution in [3.8, 4) is 0 Å². The Morgan fingerprint density at radius 1 is 1.04 bits per heavy atom. The Balaban J connectivity index is 1.37. The number of nitrogens with zero attached hydrogens (tertiary/aromatic N) is 4. The Kier molecular flexibility index (Phi) is 4.92. The fourth-order valence-corrected chi connectivity index (χ4v) is 4.02. The van der Waals surface area contributed by atoms with Crippen LogP contribution in [-0.2, 0) is 17.4 Å². The van der Waals surface area contributed by atoms with Crippen LogP contribution in [0.15, 0.2) is 42.0 Å². The number of carbonyl (C=O) groups excluding carboxylic acids is 1. The van der Waals surface area contributed by atoms with E-state index in [1.165, 1.54) is 12.1 Å². The quantitative estimate of drug-likeness (QED) is 0.667. The molecule has 1 fully saturated rings. The maximum absolute atomic E-state index is 12.6. The third-order valence-electron chi connectivity index (χ3n) is 4.81. The van der Waals surface area contributed by atoms with Gasteiger partial charge < -0.3 is 9.80 Å². The van der Waals surface area contributed by atoms with Gasteiger partial charge in [0.2, 0.25) is 5.91 Å². The Morgan fingerprint density at radius 2 is 1.75 bits per heavy atom. The highest BCUT2D eigenvalue weighted by molar-refractivity contribution is 7.16. The zero-order chi connectivity index (χ0) is 19.7. The molecule has 0 N–H and O–H groups in total. The topological polar surface area (TPSA) is 49.3 Å². The molecule has 5 nitrogen and oxygen atoms in total. The number of hydrogen-bond acceptors (Lipinski definition) is 5. The standard InChI is InChI=1S/C19H17F3N4OS/c20-19(21,22)14-3-1-13(2-4-14)11-16(27)25-6-8-26(9-7-25)17-15-5-10-28-18(15)24-12-23-17/h1-5,10,12H,6-9,11H2. The van der Waals surface area contributed by atoms with Crippen molar-refractivity contribution < 1.29 is 18.0 Å². The first kappa shape index (κ1) is 18.7. The number of fused-ring (bicyclic) bond motifs is 1. The molecule has 0 saturated carbocycles. The van der Waals surface area contributed by atoms with E-state index in [1.807, 2.05) is 11.4 Å². The second-order valence-corrected chi connectivity index (χ2v) is 7.47. The zero-order valence-corrected chi connectivity index (χ0v) is 15.6. The Bertz CT molecular complexity index is 979. The van der Waals surface area contributed by atoms with Gasteiger partial charge in [0.05, 0.1) is 17.4 Å². The smallest absolute Gasteiger partial charge is 0.352 e. The summed E-state index contributed by atoms with van der Waals surface area (Å²) in [5.74, 6) is 0.795. The van der Waals surface area contributed by atoms with Gasteiger partial charge in [0.25, 0.3) is 0 Å².